The number of aryl methyl sites for hydroxylation is 4. The largest absolute Gasteiger partial charge is 0.310 e. The smallest absolute Gasteiger partial charge is 0.0881 e. The molecule has 42 heavy (non-hydrogen) atoms. The molecule has 0 fully saturated rings. The minimum atomic E-state index is 0.938. The second-order valence-electron chi connectivity index (χ2n) is 11.9. The maximum atomic E-state index is 5.33. The highest BCUT2D eigenvalue weighted by Crippen LogP contribution is 2.35. The van der Waals surface area contributed by atoms with Gasteiger partial charge in [-0.25, -0.2) is 9.97 Å². The molecule has 0 saturated carbocycles. The Morgan fingerprint density at radius 1 is 0.500 bits per heavy atom. The molecule has 4 nitrogen and oxygen atoms in total. The topological polar surface area (TPSA) is 34.6 Å². The second kappa shape index (κ2) is 11.9. The van der Waals surface area contributed by atoms with Crippen LogP contribution >= 0.6 is 0 Å². The third kappa shape index (κ3) is 4.69. The van der Waals surface area contributed by atoms with Gasteiger partial charge >= 0.3 is 0 Å². The predicted molar refractivity (Wildman–Crippen MR) is 180 cm³/mol. The van der Waals surface area contributed by atoms with Crippen LogP contribution in [0.1, 0.15) is 125 Å². The lowest BCUT2D eigenvalue weighted by Crippen LogP contribution is -2.06. The van der Waals surface area contributed by atoms with E-state index in [-0.39, 0.29) is 0 Å². The number of aromatic nitrogens is 4. The zero-order chi connectivity index (χ0) is 29.4. The van der Waals surface area contributed by atoms with Crippen molar-refractivity contribution in [2.45, 2.75) is 106 Å². The van der Waals surface area contributed by atoms with E-state index >= 15 is 0 Å². The Morgan fingerprint density at radius 3 is 1.26 bits per heavy atom. The number of hydrogen-bond donors (Lipinski definition) is 0. The van der Waals surface area contributed by atoms with E-state index in [0.29, 0.717) is 0 Å². The highest BCUT2D eigenvalue weighted by atomic mass is 15.0. The molecule has 0 N–H and O–H groups in total. The average molecular weight is 559 g/mol. The van der Waals surface area contributed by atoms with Crippen molar-refractivity contribution in [3.63, 3.8) is 0 Å². The molecule has 0 aliphatic carbocycles. The summed E-state index contributed by atoms with van der Waals surface area (Å²) in [5.74, 6) is 0. The maximum absolute atomic E-state index is 5.33. The molecular formula is C38H46N4. The molecular weight excluding hydrogens is 512 g/mol. The lowest BCUT2D eigenvalue weighted by molar-refractivity contribution is 0.881. The average Bonchev–Trinajstić information content (AvgIpc) is 3.73. The molecule has 2 aliphatic rings. The fraction of sp³-hybridized carbons (Fsp3) is 0.421. The lowest BCUT2D eigenvalue weighted by atomic mass is 10.1. The van der Waals surface area contributed by atoms with Crippen molar-refractivity contribution in [3.05, 3.63) is 81.7 Å². The SMILES string of the molecule is CCCC1=Cc2nc1ccc1nc(c3cc(CCC)c4ccc5c(CCC)cc2n5c(CC)c(CC)n43)C=C1CCC. The molecule has 0 saturated heterocycles. The lowest BCUT2D eigenvalue weighted by Gasteiger charge is -2.14. The molecule has 0 spiro atoms. The highest BCUT2D eigenvalue weighted by Gasteiger charge is 2.21. The molecule has 4 aromatic rings. The van der Waals surface area contributed by atoms with Gasteiger partial charge in [-0.05, 0) is 109 Å². The molecule has 0 atom stereocenters. The van der Waals surface area contributed by atoms with Gasteiger partial charge in [-0.15, -0.1) is 0 Å². The minimum absolute atomic E-state index is 0.938. The van der Waals surface area contributed by atoms with Gasteiger partial charge in [0, 0.05) is 22.4 Å². The van der Waals surface area contributed by atoms with Crippen LogP contribution in [0, 0.1) is 0 Å². The zero-order valence-electron chi connectivity index (χ0n) is 26.5. The van der Waals surface area contributed by atoms with Crippen molar-refractivity contribution in [2.24, 2.45) is 0 Å². The van der Waals surface area contributed by atoms with Gasteiger partial charge in [0.05, 0.1) is 33.8 Å². The predicted octanol–water partition coefficient (Wildman–Crippen LogP) is 10.2. The second-order valence-corrected chi connectivity index (χ2v) is 11.9. The van der Waals surface area contributed by atoms with Crippen LogP contribution in [0.3, 0.4) is 0 Å². The van der Waals surface area contributed by atoms with Crippen LogP contribution in [0.25, 0.3) is 45.4 Å². The van der Waals surface area contributed by atoms with Crippen LogP contribution in [0.2, 0.25) is 0 Å². The van der Waals surface area contributed by atoms with Crippen molar-refractivity contribution < 1.29 is 0 Å². The van der Waals surface area contributed by atoms with Gasteiger partial charge in [0.25, 0.3) is 0 Å². The van der Waals surface area contributed by atoms with E-state index in [2.05, 4.69) is 98.9 Å². The monoisotopic (exact) mass is 558 g/mol. The van der Waals surface area contributed by atoms with Gasteiger partial charge in [0.15, 0.2) is 0 Å². The molecule has 6 heterocycles. The number of nitrogens with zero attached hydrogens (tertiary/aromatic N) is 4. The third-order valence-electron chi connectivity index (χ3n) is 8.95. The molecule has 218 valence electrons. The molecule has 0 unspecified atom stereocenters. The normalized spacial score (nSPS) is 13.3. The van der Waals surface area contributed by atoms with E-state index in [9.17, 15) is 0 Å². The Kier molecular flexibility index (Phi) is 8.07. The van der Waals surface area contributed by atoms with Crippen LogP contribution < -0.4 is 0 Å². The Balaban J connectivity index is 1.92. The molecule has 4 heteroatoms. The Morgan fingerprint density at radius 2 is 0.905 bits per heavy atom. The Hall–Kier alpha value is -3.66. The van der Waals surface area contributed by atoms with Crippen molar-refractivity contribution in [2.75, 3.05) is 0 Å². The number of fused-ring (bicyclic) bond motifs is 7. The van der Waals surface area contributed by atoms with Gasteiger partial charge in [0.1, 0.15) is 0 Å². The molecule has 2 aliphatic heterocycles. The highest BCUT2D eigenvalue weighted by molar-refractivity contribution is 5.91. The molecule has 0 amide bonds. The van der Waals surface area contributed by atoms with Crippen LogP contribution in [0.5, 0.6) is 0 Å². The van der Waals surface area contributed by atoms with Crippen molar-refractivity contribution in [3.8, 4) is 0 Å². The number of rotatable bonds is 10. The van der Waals surface area contributed by atoms with Crippen LogP contribution in [0.15, 0.2) is 36.4 Å². The van der Waals surface area contributed by atoms with Gasteiger partial charge in [0.2, 0.25) is 0 Å². The Bertz CT molecular complexity index is 1710. The summed E-state index contributed by atoms with van der Waals surface area (Å²) in [5.41, 5.74) is 17.6. The number of hydrogen-bond acceptors (Lipinski definition) is 2. The first-order chi connectivity index (χ1) is 20.6. The molecule has 4 aromatic heterocycles. The minimum Gasteiger partial charge on any atom is -0.310 e. The fourth-order valence-electron chi connectivity index (χ4n) is 7.15. The van der Waals surface area contributed by atoms with Crippen molar-refractivity contribution >= 4 is 45.4 Å². The van der Waals surface area contributed by atoms with Crippen LogP contribution in [-0.2, 0) is 25.7 Å². The van der Waals surface area contributed by atoms with Crippen LogP contribution in [-0.4, -0.2) is 18.8 Å². The van der Waals surface area contributed by atoms with Gasteiger partial charge in [-0.2, -0.15) is 0 Å². The molecule has 0 aromatic carbocycles. The van der Waals surface area contributed by atoms with Gasteiger partial charge in [-0.3, -0.25) is 0 Å². The van der Waals surface area contributed by atoms with Gasteiger partial charge in [-0.1, -0.05) is 67.2 Å². The summed E-state index contributed by atoms with van der Waals surface area (Å²) in [4.78, 5) is 10.7. The van der Waals surface area contributed by atoms with Crippen LogP contribution in [0.4, 0.5) is 0 Å². The van der Waals surface area contributed by atoms with E-state index in [4.69, 9.17) is 9.97 Å². The summed E-state index contributed by atoms with van der Waals surface area (Å²) in [5, 5.41) is 0. The summed E-state index contributed by atoms with van der Waals surface area (Å²) < 4.78 is 5.10. The van der Waals surface area contributed by atoms with Gasteiger partial charge < -0.3 is 8.80 Å². The first-order valence-corrected chi connectivity index (χ1v) is 16.5. The maximum Gasteiger partial charge on any atom is 0.0881 e. The van der Waals surface area contributed by atoms with E-state index in [1.54, 1.807) is 0 Å². The summed E-state index contributed by atoms with van der Waals surface area (Å²) in [7, 11) is 0. The van der Waals surface area contributed by atoms with E-state index < -0.39 is 0 Å². The van der Waals surface area contributed by atoms with Crippen molar-refractivity contribution in [1.82, 2.24) is 18.8 Å². The molecule has 6 bridgehead atoms. The summed E-state index contributed by atoms with van der Waals surface area (Å²) in [6.07, 6.45) is 15.2. The summed E-state index contributed by atoms with van der Waals surface area (Å²) in [6, 6.07) is 14.1. The molecule has 6 rings (SSSR count). The quantitative estimate of drug-likeness (QED) is 0.194. The molecule has 0 radical (unpaired) electrons. The van der Waals surface area contributed by atoms with E-state index in [1.807, 2.05) is 0 Å². The Labute approximate surface area is 251 Å². The standard InChI is InChI=1S/C38H46N4/c1-7-13-25-21-31-37-23-27(15-9-3)35-19-20-36-28(16-10-4)24-38(42(36)34(12-6)33(11-5)41(35)37)32-22-26(14-8-2)30(40-32)18-17-29(25)39-31/h17-24H,7-16H2,1-6H3. The number of allylic oxidation sites excluding steroid dienone is 2. The first-order valence-electron chi connectivity index (χ1n) is 16.5. The summed E-state index contributed by atoms with van der Waals surface area (Å²) in [6.45, 7) is 13.7. The first kappa shape index (κ1) is 28.5. The van der Waals surface area contributed by atoms with E-state index in [1.165, 1.54) is 55.7 Å². The fourth-order valence-corrected chi connectivity index (χ4v) is 7.15. The zero-order valence-corrected chi connectivity index (χ0v) is 26.5. The van der Waals surface area contributed by atoms with Crippen molar-refractivity contribution in [1.29, 1.82) is 0 Å². The third-order valence-corrected chi connectivity index (χ3v) is 8.95. The van der Waals surface area contributed by atoms with E-state index in [0.717, 1.165) is 87.0 Å². The summed E-state index contributed by atoms with van der Waals surface area (Å²) >= 11 is 0.